The molecule has 0 radical (unpaired) electrons. The Bertz CT molecular complexity index is 650. The highest BCUT2D eigenvalue weighted by Crippen LogP contribution is 2.20. The van der Waals surface area contributed by atoms with Crippen LogP contribution in [0.2, 0.25) is 0 Å². The Morgan fingerprint density at radius 2 is 2.24 bits per heavy atom. The van der Waals surface area contributed by atoms with Gasteiger partial charge in [-0.3, -0.25) is 0 Å². The van der Waals surface area contributed by atoms with Crippen molar-refractivity contribution in [1.82, 2.24) is 9.55 Å². The number of hydrogen-bond acceptors (Lipinski definition) is 3. The van der Waals surface area contributed by atoms with E-state index in [0.29, 0.717) is 0 Å². The first kappa shape index (κ1) is 15.1. The zero-order valence-corrected chi connectivity index (χ0v) is 12.5. The van der Waals surface area contributed by atoms with Crippen LogP contribution >= 0.6 is 0 Å². The van der Waals surface area contributed by atoms with Crippen molar-refractivity contribution in [3.05, 3.63) is 47.5 Å². The number of nitrogens with zero attached hydrogens (tertiary/aromatic N) is 2. The summed E-state index contributed by atoms with van der Waals surface area (Å²) in [7, 11) is 1.62. The predicted octanol–water partition coefficient (Wildman–Crippen LogP) is 2.24. The molecule has 0 saturated heterocycles. The fourth-order valence-electron chi connectivity index (χ4n) is 2.22. The highest BCUT2D eigenvalue weighted by atomic mass is 16.5. The lowest BCUT2D eigenvalue weighted by Crippen LogP contribution is -2.04. The molecule has 0 saturated carbocycles. The van der Waals surface area contributed by atoms with E-state index in [9.17, 15) is 0 Å². The minimum absolute atomic E-state index is 0.157. The van der Waals surface area contributed by atoms with Crippen LogP contribution in [0.4, 0.5) is 0 Å². The standard InChI is InChI=1S/C17H20N2O2/c1-3-5-17-18-9-10-19(17)13-14-7-8-16(21-2)15(12-14)6-4-11-20/h7-10,12,20H,3,5,11,13H2,1-2H3. The largest absolute Gasteiger partial charge is 0.495 e. The molecule has 4 nitrogen and oxygen atoms in total. The van der Waals surface area contributed by atoms with Crippen LogP contribution in [0, 0.1) is 11.8 Å². The van der Waals surface area contributed by atoms with Crippen LogP contribution in [0.25, 0.3) is 0 Å². The lowest BCUT2D eigenvalue weighted by atomic mass is 10.1. The summed E-state index contributed by atoms with van der Waals surface area (Å²) in [6.07, 6.45) is 5.88. The van der Waals surface area contributed by atoms with E-state index in [1.165, 1.54) is 0 Å². The van der Waals surface area contributed by atoms with Gasteiger partial charge in [-0.15, -0.1) is 0 Å². The van der Waals surface area contributed by atoms with Gasteiger partial charge in [-0.25, -0.2) is 4.98 Å². The molecular weight excluding hydrogens is 264 g/mol. The van der Waals surface area contributed by atoms with E-state index in [1.54, 1.807) is 7.11 Å². The summed E-state index contributed by atoms with van der Waals surface area (Å²) in [5.74, 6) is 7.40. The molecule has 1 N–H and O–H groups in total. The Labute approximate surface area is 125 Å². The van der Waals surface area contributed by atoms with E-state index in [-0.39, 0.29) is 6.61 Å². The molecule has 0 atom stereocenters. The van der Waals surface area contributed by atoms with Crippen molar-refractivity contribution in [2.45, 2.75) is 26.3 Å². The van der Waals surface area contributed by atoms with Gasteiger partial charge in [0.1, 0.15) is 18.2 Å². The molecule has 0 unspecified atom stereocenters. The summed E-state index contributed by atoms with van der Waals surface area (Å²) in [5, 5.41) is 8.84. The van der Waals surface area contributed by atoms with Gasteiger partial charge in [0.05, 0.1) is 12.7 Å². The van der Waals surface area contributed by atoms with Crippen molar-refractivity contribution in [2.75, 3.05) is 13.7 Å². The maximum absolute atomic E-state index is 8.84. The van der Waals surface area contributed by atoms with E-state index in [2.05, 4.69) is 28.3 Å². The molecule has 0 aliphatic rings. The van der Waals surface area contributed by atoms with Crippen LogP contribution in [0.5, 0.6) is 5.75 Å². The first-order valence-electron chi connectivity index (χ1n) is 7.05. The SMILES string of the molecule is CCCc1nccn1Cc1ccc(OC)c(C#CCO)c1. The summed E-state index contributed by atoms with van der Waals surface area (Å²) >= 11 is 0. The third-order valence-electron chi connectivity index (χ3n) is 3.19. The molecule has 0 spiro atoms. The molecule has 21 heavy (non-hydrogen) atoms. The number of ether oxygens (including phenoxy) is 1. The van der Waals surface area contributed by atoms with Gasteiger partial charge in [0.15, 0.2) is 0 Å². The summed E-state index contributed by atoms with van der Waals surface area (Å²) in [4.78, 5) is 4.39. The second kappa shape index (κ2) is 7.51. The van der Waals surface area contributed by atoms with Gasteiger partial charge < -0.3 is 14.4 Å². The quantitative estimate of drug-likeness (QED) is 0.857. The molecule has 1 aromatic carbocycles. The van der Waals surface area contributed by atoms with Crippen molar-refractivity contribution in [1.29, 1.82) is 0 Å². The molecule has 0 aliphatic heterocycles. The maximum Gasteiger partial charge on any atom is 0.134 e. The first-order valence-corrected chi connectivity index (χ1v) is 7.05. The fraction of sp³-hybridized carbons (Fsp3) is 0.353. The van der Waals surface area contributed by atoms with Crippen molar-refractivity contribution < 1.29 is 9.84 Å². The van der Waals surface area contributed by atoms with Crippen LogP contribution in [-0.2, 0) is 13.0 Å². The number of imidazole rings is 1. The zero-order valence-electron chi connectivity index (χ0n) is 12.5. The topological polar surface area (TPSA) is 47.3 Å². The molecule has 2 rings (SSSR count). The van der Waals surface area contributed by atoms with Gasteiger partial charge in [0.2, 0.25) is 0 Å². The molecule has 2 aromatic rings. The Morgan fingerprint density at radius 1 is 1.38 bits per heavy atom. The number of methoxy groups -OCH3 is 1. The summed E-state index contributed by atoms with van der Waals surface area (Å²) in [5.41, 5.74) is 1.93. The van der Waals surface area contributed by atoms with E-state index in [4.69, 9.17) is 9.84 Å². The van der Waals surface area contributed by atoms with Crippen molar-refractivity contribution in [2.24, 2.45) is 0 Å². The molecule has 1 heterocycles. The first-order chi connectivity index (χ1) is 10.3. The van der Waals surface area contributed by atoms with Gasteiger partial charge >= 0.3 is 0 Å². The van der Waals surface area contributed by atoms with Crippen LogP contribution in [0.1, 0.15) is 30.3 Å². The molecule has 0 amide bonds. The highest BCUT2D eigenvalue weighted by molar-refractivity contribution is 5.48. The number of rotatable bonds is 5. The number of aliphatic hydroxyl groups excluding tert-OH is 1. The molecule has 110 valence electrons. The highest BCUT2D eigenvalue weighted by Gasteiger charge is 2.06. The number of aromatic nitrogens is 2. The Balaban J connectivity index is 2.26. The van der Waals surface area contributed by atoms with E-state index < -0.39 is 0 Å². The maximum atomic E-state index is 8.84. The number of benzene rings is 1. The van der Waals surface area contributed by atoms with Gasteiger partial charge in [-0.05, 0) is 24.1 Å². The predicted molar refractivity (Wildman–Crippen MR) is 82.3 cm³/mol. The van der Waals surface area contributed by atoms with Gasteiger partial charge in [-0.1, -0.05) is 24.8 Å². The lowest BCUT2D eigenvalue weighted by Gasteiger charge is -2.10. The molecule has 0 fully saturated rings. The van der Waals surface area contributed by atoms with Crippen LogP contribution in [0.3, 0.4) is 0 Å². The number of aryl methyl sites for hydroxylation is 1. The minimum atomic E-state index is -0.157. The molecule has 1 aromatic heterocycles. The lowest BCUT2D eigenvalue weighted by molar-refractivity contribution is 0.350. The Morgan fingerprint density at radius 3 is 2.95 bits per heavy atom. The smallest absolute Gasteiger partial charge is 0.134 e. The summed E-state index contributed by atoms with van der Waals surface area (Å²) in [6.45, 7) is 2.75. The van der Waals surface area contributed by atoms with E-state index >= 15 is 0 Å². The molecular formula is C17H20N2O2. The van der Waals surface area contributed by atoms with Crippen molar-refractivity contribution in [3.8, 4) is 17.6 Å². The average molecular weight is 284 g/mol. The normalized spacial score (nSPS) is 10.0. The second-order valence-corrected chi connectivity index (χ2v) is 4.72. The van der Waals surface area contributed by atoms with Gasteiger partial charge in [0, 0.05) is 25.4 Å². The van der Waals surface area contributed by atoms with Gasteiger partial charge in [0.25, 0.3) is 0 Å². The molecule has 4 heteroatoms. The number of aliphatic hydroxyl groups is 1. The zero-order chi connectivity index (χ0) is 15.1. The molecule has 0 bridgehead atoms. The fourth-order valence-corrected chi connectivity index (χ4v) is 2.22. The minimum Gasteiger partial charge on any atom is -0.495 e. The van der Waals surface area contributed by atoms with Crippen molar-refractivity contribution >= 4 is 0 Å². The van der Waals surface area contributed by atoms with Crippen LogP contribution in [0.15, 0.2) is 30.6 Å². The van der Waals surface area contributed by atoms with Gasteiger partial charge in [-0.2, -0.15) is 0 Å². The monoisotopic (exact) mass is 284 g/mol. The van der Waals surface area contributed by atoms with Crippen LogP contribution in [-0.4, -0.2) is 28.4 Å². The van der Waals surface area contributed by atoms with E-state index in [1.807, 2.05) is 30.6 Å². The third-order valence-corrected chi connectivity index (χ3v) is 3.19. The van der Waals surface area contributed by atoms with Crippen LogP contribution < -0.4 is 4.74 Å². The average Bonchev–Trinajstić information content (AvgIpc) is 2.93. The van der Waals surface area contributed by atoms with Crippen molar-refractivity contribution in [3.63, 3.8) is 0 Å². The Hall–Kier alpha value is -2.25. The Kier molecular flexibility index (Phi) is 5.42. The summed E-state index contributed by atoms with van der Waals surface area (Å²) < 4.78 is 7.44. The van der Waals surface area contributed by atoms with E-state index in [0.717, 1.165) is 42.1 Å². The summed E-state index contributed by atoms with van der Waals surface area (Å²) in [6, 6.07) is 5.93. The third kappa shape index (κ3) is 3.87. The molecule has 0 aliphatic carbocycles. The number of hydrogen-bond donors (Lipinski definition) is 1. The second-order valence-electron chi connectivity index (χ2n) is 4.72.